The monoisotopic (exact) mass is 528 g/mol. The van der Waals surface area contributed by atoms with Crippen molar-refractivity contribution in [3.8, 4) is 23.3 Å². The standard InChI is InChI=1S/C27H24N6O2S2/c1-19-15-20(4-5-24(19)35-21-6-9-33-10-7-28-25(33)16-21)31-26-23-17-22(36-27(23)30-18-29-26)3-2-8-32-11-13-37(34)14-12-32/h4-7,9-10,15-18H,8,11-14H2,1H3,(H,29,30,31). The number of nitrogens with zero attached hydrogens (tertiary/aromatic N) is 5. The largest absolute Gasteiger partial charge is 0.457 e. The number of hydrogen-bond acceptors (Lipinski definition) is 8. The number of thiophene rings is 1. The molecule has 1 fully saturated rings. The molecule has 0 aliphatic carbocycles. The number of aromatic nitrogens is 4. The molecule has 1 aliphatic heterocycles. The molecule has 4 aromatic heterocycles. The van der Waals surface area contributed by atoms with Crippen LogP contribution in [0, 0.1) is 18.8 Å². The first-order chi connectivity index (χ1) is 18.1. The zero-order valence-corrected chi connectivity index (χ0v) is 21.8. The number of rotatable bonds is 5. The Labute approximate surface area is 220 Å². The van der Waals surface area contributed by atoms with Gasteiger partial charge in [-0.2, -0.15) is 0 Å². The average Bonchev–Trinajstić information content (AvgIpc) is 3.54. The van der Waals surface area contributed by atoms with Gasteiger partial charge in [0.05, 0.1) is 16.8 Å². The molecule has 37 heavy (non-hydrogen) atoms. The van der Waals surface area contributed by atoms with Gasteiger partial charge in [-0.3, -0.25) is 9.11 Å². The lowest BCUT2D eigenvalue weighted by Gasteiger charge is -2.23. The van der Waals surface area contributed by atoms with E-state index in [0.717, 1.165) is 73.9 Å². The summed E-state index contributed by atoms with van der Waals surface area (Å²) in [5.74, 6) is 10.3. The first-order valence-corrected chi connectivity index (χ1v) is 14.2. The maximum absolute atomic E-state index is 11.5. The summed E-state index contributed by atoms with van der Waals surface area (Å²) in [6, 6.07) is 11.8. The van der Waals surface area contributed by atoms with Gasteiger partial charge in [0.15, 0.2) is 0 Å². The second kappa shape index (κ2) is 10.3. The minimum absolute atomic E-state index is 0.668. The van der Waals surface area contributed by atoms with Crippen molar-refractivity contribution >= 4 is 49.5 Å². The molecule has 1 aliphatic rings. The van der Waals surface area contributed by atoms with Crippen LogP contribution in [0.15, 0.2) is 61.3 Å². The summed E-state index contributed by atoms with van der Waals surface area (Å²) in [7, 11) is -0.668. The molecule has 1 saturated heterocycles. The molecule has 0 amide bonds. The van der Waals surface area contributed by atoms with Crippen LogP contribution < -0.4 is 10.1 Å². The Balaban J connectivity index is 1.16. The van der Waals surface area contributed by atoms with E-state index in [2.05, 4.69) is 37.0 Å². The summed E-state index contributed by atoms with van der Waals surface area (Å²) in [5, 5.41) is 4.37. The minimum atomic E-state index is -0.668. The van der Waals surface area contributed by atoms with Crippen LogP contribution in [0.2, 0.25) is 0 Å². The van der Waals surface area contributed by atoms with Gasteiger partial charge >= 0.3 is 0 Å². The molecule has 0 atom stereocenters. The fourth-order valence-corrected chi connectivity index (χ4v) is 6.15. The number of fused-ring (bicyclic) bond motifs is 2. The van der Waals surface area contributed by atoms with Crippen molar-refractivity contribution in [1.82, 2.24) is 24.3 Å². The first kappa shape index (κ1) is 23.6. The van der Waals surface area contributed by atoms with E-state index in [1.807, 2.05) is 60.1 Å². The number of benzene rings is 1. The van der Waals surface area contributed by atoms with Crippen molar-refractivity contribution in [2.45, 2.75) is 6.92 Å². The van der Waals surface area contributed by atoms with Gasteiger partial charge in [-0.05, 0) is 42.8 Å². The summed E-state index contributed by atoms with van der Waals surface area (Å²) in [4.78, 5) is 17.3. The number of hydrogen-bond donors (Lipinski definition) is 1. The third-order valence-corrected chi connectivity index (χ3v) is 8.38. The third-order valence-electron chi connectivity index (χ3n) is 6.15. The Morgan fingerprint density at radius 3 is 2.86 bits per heavy atom. The van der Waals surface area contributed by atoms with Gasteiger partial charge in [-0.1, -0.05) is 11.8 Å². The smallest absolute Gasteiger partial charge is 0.142 e. The molecule has 0 unspecified atom stereocenters. The number of nitrogens with one attached hydrogen (secondary N) is 1. The normalized spacial score (nSPS) is 14.5. The Hall–Kier alpha value is -3.78. The molecular formula is C27H24N6O2S2. The van der Waals surface area contributed by atoms with E-state index in [1.54, 1.807) is 23.9 Å². The highest BCUT2D eigenvalue weighted by Crippen LogP contribution is 2.32. The van der Waals surface area contributed by atoms with Crippen molar-refractivity contribution in [2.24, 2.45) is 0 Å². The third kappa shape index (κ3) is 5.34. The molecule has 0 bridgehead atoms. The predicted octanol–water partition coefficient (Wildman–Crippen LogP) is 4.60. The molecule has 0 saturated carbocycles. The van der Waals surface area contributed by atoms with E-state index in [1.165, 1.54) is 0 Å². The van der Waals surface area contributed by atoms with Gasteiger partial charge < -0.3 is 14.5 Å². The highest BCUT2D eigenvalue weighted by molar-refractivity contribution is 7.85. The molecule has 5 aromatic rings. The number of ether oxygens (including phenoxy) is 1. The number of aryl methyl sites for hydroxylation is 1. The maximum atomic E-state index is 11.5. The van der Waals surface area contributed by atoms with Crippen molar-refractivity contribution in [1.29, 1.82) is 0 Å². The van der Waals surface area contributed by atoms with Crippen molar-refractivity contribution in [2.75, 3.05) is 36.5 Å². The SMILES string of the molecule is Cc1cc(Nc2ncnc3sc(C#CCN4CCS(=O)CC4)cc23)ccc1Oc1ccn2ccnc2c1. The van der Waals surface area contributed by atoms with Gasteiger partial charge in [0, 0.05) is 65.7 Å². The van der Waals surface area contributed by atoms with Crippen molar-refractivity contribution in [3.63, 3.8) is 0 Å². The Bertz CT molecular complexity index is 1670. The van der Waals surface area contributed by atoms with Gasteiger partial charge in [0.25, 0.3) is 0 Å². The predicted molar refractivity (Wildman–Crippen MR) is 148 cm³/mol. The van der Waals surface area contributed by atoms with Crippen molar-refractivity contribution in [3.05, 3.63) is 71.8 Å². The fourth-order valence-electron chi connectivity index (χ4n) is 4.15. The summed E-state index contributed by atoms with van der Waals surface area (Å²) in [6.07, 6.45) is 7.17. The summed E-state index contributed by atoms with van der Waals surface area (Å²) < 4.78 is 19.6. The Kier molecular flexibility index (Phi) is 6.57. The van der Waals surface area contributed by atoms with Gasteiger partial charge in [-0.15, -0.1) is 11.3 Å². The zero-order valence-electron chi connectivity index (χ0n) is 20.2. The molecule has 186 valence electrons. The quantitative estimate of drug-likeness (QED) is 0.334. The topological polar surface area (TPSA) is 84.7 Å². The first-order valence-electron chi connectivity index (χ1n) is 11.9. The highest BCUT2D eigenvalue weighted by atomic mass is 32.2. The van der Waals surface area contributed by atoms with Crippen molar-refractivity contribution < 1.29 is 8.95 Å². The van der Waals surface area contributed by atoms with E-state index >= 15 is 0 Å². The summed E-state index contributed by atoms with van der Waals surface area (Å²) >= 11 is 1.56. The summed E-state index contributed by atoms with van der Waals surface area (Å²) in [5.41, 5.74) is 2.75. The van der Waals surface area contributed by atoms with Gasteiger partial charge in [0.2, 0.25) is 0 Å². The van der Waals surface area contributed by atoms with Crippen LogP contribution in [0.4, 0.5) is 11.5 Å². The van der Waals surface area contributed by atoms with E-state index in [4.69, 9.17) is 4.74 Å². The number of pyridine rings is 1. The minimum Gasteiger partial charge on any atom is -0.457 e. The molecule has 6 rings (SSSR count). The van der Waals surface area contributed by atoms with Crippen LogP contribution in [0.5, 0.6) is 11.5 Å². The molecule has 8 nitrogen and oxygen atoms in total. The Morgan fingerprint density at radius 2 is 2.00 bits per heavy atom. The second-order valence-electron chi connectivity index (χ2n) is 8.74. The van der Waals surface area contributed by atoms with Gasteiger partial charge in [-0.25, -0.2) is 15.0 Å². The second-order valence-corrected chi connectivity index (χ2v) is 11.5. The summed E-state index contributed by atoms with van der Waals surface area (Å²) in [6.45, 7) is 4.39. The highest BCUT2D eigenvalue weighted by Gasteiger charge is 2.14. The van der Waals surface area contributed by atoms with E-state index in [0.29, 0.717) is 6.54 Å². The number of anilines is 2. The fraction of sp³-hybridized carbons (Fsp3) is 0.222. The molecule has 1 N–H and O–H groups in total. The van der Waals surface area contributed by atoms with Gasteiger partial charge in [0.1, 0.15) is 34.1 Å². The van der Waals surface area contributed by atoms with Crippen LogP contribution in [-0.4, -0.2) is 59.6 Å². The molecule has 1 aromatic carbocycles. The van der Waals surface area contributed by atoms with Crippen LogP contribution in [0.25, 0.3) is 15.9 Å². The Morgan fingerprint density at radius 1 is 1.11 bits per heavy atom. The molecule has 10 heteroatoms. The lowest BCUT2D eigenvalue weighted by molar-refractivity contribution is 0.337. The van der Waals surface area contributed by atoms with Crippen LogP contribution >= 0.6 is 11.3 Å². The molecule has 0 radical (unpaired) electrons. The molecule has 5 heterocycles. The average molecular weight is 529 g/mol. The maximum Gasteiger partial charge on any atom is 0.142 e. The van der Waals surface area contributed by atoms with E-state index in [9.17, 15) is 4.21 Å². The lowest BCUT2D eigenvalue weighted by atomic mass is 10.2. The van der Waals surface area contributed by atoms with Crippen LogP contribution in [0.1, 0.15) is 10.4 Å². The lowest BCUT2D eigenvalue weighted by Crippen LogP contribution is -2.37. The molecular weight excluding hydrogens is 504 g/mol. The zero-order chi connectivity index (χ0) is 25.2. The number of imidazole rings is 1. The van der Waals surface area contributed by atoms with Crippen LogP contribution in [-0.2, 0) is 10.8 Å². The van der Waals surface area contributed by atoms with Crippen LogP contribution in [0.3, 0.4) is 0 Å². The molecule has 0 spiro atoms. The van der Waals surface area contributed by atoms with E-state index in [-0.39, 0.29) is 0 Å². The van der Waals surface area contributed by atoms with E-state index < -0.39 is 10.8 Å².